The van der Waals surface area contributed by atoms with Crippen LogP contribution in [-0.2, 0) is 9.53 Å². The second-order valence-electron chi connectivity index (χ2n) is 11.2. The van der Waals surface area contributed by atoms with Gasteiger partial charge in [0.25, 0.3) is 0 Å². The number of methoxy groups -OCH3 is 1. The highest BCUT2D eigenvalue weighted by molar-refractivity contribution is 8.00. The first kappa shape index (κ1) is 40.4. The normalized spacial score (nSPS) is 13.4. The van der Waals surface area contributed by atoms with Crippen molar-refractivity contribution in [2.24, 2.45) is 5.92 Å². The molecule has 2 aromatic carbocycles. The van der Waals surface area contributed by atoms with E-state index < -0.39 is 11.8 Å². The fourth-order valence-corrected chi connectivity index (χ4v) is 5.53. The number of halogens is 3. The third-order valence-corrected chi connectivity index (χ3v) is 8.39. The first-order chi connectivity index (χ1) is 21.2. The topological polar surface area (TPSA) is 79.7 Å². The monoisotopic (exact) mass is 680 g/mol. The zero-order valence-corrected chi connectivity index (χ0v) is 29.8. The van der Waals surface area contributed by atoms with E-state index in [0.29, 0.717) is 12.5 Å². The molecular formula is C35H47Cl2FN2O4S. The molecule has 10 heteroatoms. The SMILES string of the molecule is CC.COC[C@@H](c1ccc(Cl)c(F)c1)N(C(C)=O)C(CSC(C)(C)C)C1CC1.Cc1ccc(C(=O)O)cn1.Clc1ccccc1. The van der Waals surface area contributed by atoms with Gasteiger partial charge in [-0.1, -0.05) is 82.1 Å². The summed E-state index contributed by atoms with van der Waals surface area (Å²) in [5.41, 5.74) is 1.77. The second kappa shape index (κ2) is 20.5. The Labute approximate surface area is 282 Å². The molecule has 1 heterocycles. The fourth-order valence-electron chi connectivity index (χ4n) is 4.17. The molecule has 1 aliphatic rings. The number of carboxylic acid groups (broad SMARTS) is 1. The molecule has 0 spiro atoms. The minimum atomic E-state index is -0.937. The molecule has 248 valence electrons. The minimum absolute atomic E-state index is 0.00572. The summed E-state index contributed by atoms with van der Waals surface area (Å²) in [5, 5.41) is 9.31. The van der Waals surface area contributed by atoms with Crippen molar-refractivity contribution >= 4 is 46.8 Å². The molecule has 1 N–H and O–H groups in total. The van der Waals surface area contributed by atoms with Crippen LogP contribution in [0, 0.1) is 18.7 Å². The Kier molecular flexibility index (Phi) is 18.4. The van der Waals surface area contributed by atoms with Crippen molar-refractivity contribution in [3.63, 3.8) is 0 Å². The Hall–Kier alpha value is -2.65. The van der Waals surface area contributed by atoms with E-state index in [0.717, 1.165) is 34.9 Å². The van der Waals surface area contributed by atoms with Gasteiger partial charge in [-0.05, 0) is 67.6 Å². The van der Waals surface area contributed by atoms with Gasteiger partial charge in [-0.2, -0.15) is 11.8 Å². The maximum absolute atomic E-state index is 14.0. The molecule has 0 bridgehead atoms. The van der Waals surface area contributed by atoms with Crippen LogP contribution in [0.5, 0.6) is 0 Å². The van der Waals surface area contributed by atoms with E-state index >= 15 is 0 Å². The van der Waals surface area contributed by atoms with Gasteiger partial charge in [0.2, 0.25) is 5.91 Å². The Morgan fingerprint density at radius 1 is 1.09 bits per heavy atom. The zero-order chi connectivity index (χ0) is 34.2. The molecular weight excluding hydrogens is 634 g/mol. The number of carbonyl (C=O) groups is 2. The molecule has 2 atom stereocenters. The van der Waals surface area contributed by atoms with Crippen LogP contribution in [0.3, 0.4) is 0 Å². The molecule has 0 aliphatic heterocycles. The summed E-state index contributed by atoms with van der Waals surface area (Å²) in [6, 6.07) is 17.2. The number of ether oxygens (including phenoxy) is 1. The lowest BCUT2D eigenvalue weighted by Gasteiger charge is -2.39. The third-order valence-electron chi connectivity index (χ3n) is 6.45. The van der Waals surface area contributed by atoms with Crippen LogP contribution in [0.15, 0.2) is 66.9 Å². The number of hydrogen-bond acceptors (Lipinski definition) is 5. The summed E-state index contributed by atoms with van der Waals surface area (Å²) >= 11 is 13.2. The number of carboxylic acids is 1. The molecule has 1 aromatic heterocycles. The van der Waals surface area contributed by atoms with Crippen molar-refractivity contribution < 1.29 is 23.8 Å². The molecule has 1 unspecified atom stereocenters. The van der Waals surface area contributed by atoms with Crippen LogP contribution in [0.2, 0.25) is 10.0 Å². The van der Waals surface area contributed by atoms with Crippen molar-refractivity contribution in [2.45, 2.75) is 78.1 Å². The van der Waals surface area contributed by atoms with Gasteiger partial charge in [0.15, 0.2) is 0 Å². The lowest BCUT2D eigenvalue weighted by atomic mass is 10.0. The summed E-state index contributed by atoms with van der Waals surface area (Å²) in [6.07, 6.45) is 3.61. The number of aryl methyl sites for hydroxylation is 1. The van der Waals surface area contributed by atoms with E-state index in [1.54, 1.807) is 32.2 Å². The van der Waals surface area contributed by atoms with Crippen LogP contribution in [0.1, 0.15) is 82.0 Å². The number of aromatic carboxylic acids is 1. The smallest absolute Gasteiger partial charge is 0.337 e. The molecule has 1 amide bonds. The van der Waals surface area contributed by atoms with Crippen LogP contribution >= 0.6 is 35.0 Å². The molecule has 45 heavy (non-hydrogen) atoms. The number of rotatable bonds is 9. The molecule has 6 nitrogen and oxygen atoms in total. The summed E-state index contributed by atoms with van der Waals surface area (Å²) < 4.78 is 19.6. The van der Waals surface area contributed by atoms with Crippen molar-refractivity contribution in [2.75, 3.05) is 19.5 Å². The number of thioether (sulfide) groups is 1. The average Bonchev–Trinajstić information content (AvgIpc) is 3.83. The van der Waals surface area contributed by atoms with Crippen molar-refractivity contribution in [1.82, 2.24) is 9.88 Å². The molecule has 1 saturated carbocycles. The molecule has 4 rings (SSSR count). The van der Waals surface area contributed by atoms with Gasteiger partial charge in [0, 0.05) is 47.5 Å². The first-order valence-electron chi connectivity index (χ1n) is 15.0. The average molecular weight is 682 g/mol. The standard InChI is InChI=1S/C20H29ClFNO2S.C7H7NO2.C6H5Cl.C2H6/c1-13(24)23(19(14-6-7-14)12-26-20(2,3)4)18(11-25-5)15-8-9-16(21)17(22)10-15;1-5-2-3-6(4-8-5)7(9)10;7-6-4-2-1-3-5-6;1-2/h8-10,14,18-19H,6-7,11-12H2,1-5H3;2-4H,1H3,(H,9,10);1-5H;1-2H3/t18-,19?;;;/m0.../s1. The predicted octanol–water partition coefficient (Wildman–Crippen LogP) is 9.78. The van der Waals surface area contributed by atoms with E-state index in [4.69, 9.17) is 33.0 Å². The second-order valence-corrected chi connectivity index (χ2v) is 13.9. The van der Waals surface area contributed by atoms with E-state index in [2.05, 4.69) is 25.8 Å². The van der Waals surface area contributed by atoms with Crippen LogP contribution in [-0.4, -0.2) is 57.1 Å². The minimum Gasteiger partial charge on any atom is -0.478 e. The molecule has 0 saturated heterocycles. The summed E-state index contributed by atoms with van der Waals surface area (Å²) in [7, 11) is 1.60. The van der Waals surface area contributed by atoms with Crippen molar-refractivity contribution in [3.8, 4) is 0 Å². The highest BCUT2D eigenvalue weighted by Crippen LogP contribution is 2.42. The van der Waals surface area contributed by atoms with Crippen LogP contribution < -0.4 is 0 Å². The van der Waals surface area contributed by atoms with Crippen LogP contribution in [0.25, 0.3) is 0 Å². The van der Waals surface area contributed by atoms with E-state index in [1.165, 1.54) is 18.3 Å². The number of hydrogen-bond donors (Lipinski definition) is 1. The summed E-state index contributed by atoms with van der Waals surface area (Å²) in [4.78, 5) is 28.6. The zero-order valence-electron chi connectivity index (χ0n) is 27.5. The molecule has 1 fully saturated rings. The van der Waals surface area contributed by atoms with Gasteiger partial charge in [0.05, 0.1) is 23.2 Å². The van der Waals surface area contributed by atoms with Gasteiger partial charge in [-0.15, -0.1) is 0 Å². The van der Waals surface area contributed by atoms with E-state index in [9.17, 15) is 14.0 Å². The quantitative estimate of drug-likeness (QED) is 0.242. The Bertz CT molecular complexity index is 1300. The maximum Gasteiger partial charge on any atom is 0.337 e. The number of aromatic nitrogens is 1. The Morgan fingerprint density at radius 3 is 2.11 bits per heavy atom. The number of pyridine rings is 1. The van der Waals surface area contributed by atoms with E-state index in [-0.39, 0.29) is 33.3 Å². The maximum atomic E-state index is 14.0. The largest absolute Gasteiger partial charge is 0.478 e. The molecule has 3 aromatic rings. The van der Waals surface area contributed by atoms with E-state index in [1.807, 2.05) is 67.8 Å². The number of nitrogens with zero attached hydrogens (tertiary/aromatic N) is 2. The highest BCUT2D eigenvalue weighted by Gasteiger charge is 2.40. The summed E-state index contributed by atoms with van der Waals surface area (Å²) in [6.45, 7) is 14.3. The van der Waals surface area contributed by atoms with Crippen molar-refractivity contribution in [3.05, 3.63) is 99.5 Å². The summed E-state index contributed by atoms with van der Waals surface area (Å²) in [5.74, 6) is -0.0447. The number of carbonyl (C=O) groups excluding carboxylic acids is 1. The number of benzene rings is 2. The molecule has 0 radical (unpaired) electrons. The number of amides is 1. The Balaban J connectivity index is 0.000000431. The van der Waals surface area contributed by atoms with Gasteiger partial charge >= 0.3 is 5.97 Å². The lowest BCUT2D eigenvalue weighted by molar-refractivity contribution is -0.135. The van der Waals surface area contributed by atoms with Gasteiger partial charge < -0.3 is 14.7 Å². The van der Waals surface area contributed by atoms with Gasteiger partial charge in [-0.25, -0.2) is 9.18 Å². The third kappa shape index (κ3) is 15.5. The highest BCUT2D eigenvalue weighted by atomic mass is 35.5. The van der Waals surface area contributed by atoms with Gasteiger partial charge in [-0.3, -0.25) is 9.78 Å². The van der Waals surface area contributed by atoms with Crippen LogP contribution in [0.4, 0.5) is 4.39 Å². The Morgan fingerprint density at radius 2 is 1.71 bits per heavy atom. The lowest BCUT2D eigenvalue weighted by Crippen LogP contribution is -2.46. The molecule has 1 aliphatic carbocycles. The van der Waals surface area contributed by atoms with Gasteiger partial charge in [0.1, 0.15) is 5.82 Å². The predicted molar refractivity (Wildman–Crippen MR) is 186 cm³/mol. The first-order valence-corrected chi connectivity index (χ1v) is 16.7. The van der Waals surface area contributed by atoms with Crippen molar-refractivity contribution in [1.29, 1.82) is 0 Å². The fraction of sp³-hybridized carbons (Fsp3) is 0.457.